The highest BCUT2D eigenvalue weighted by Gasteiger charge is 1.99. The van der Waals surface area contributed by atoms with Crippen molar-refractivity contribution in [3.63, 3.8) is 0 Å². The highest BCUT2D eigenvalue weighted by atomic mass is 79.9. The summed E-state index contributed by atoms with van der Waals surface area (Å²) >= 11 is 5.19. The van der Waals surface area contributed by atoms with E-state index in [9.17, 15) is 0 Å². The third kappa shape index (κ3) is 2.48. The number of alkyl halides is 1. The zero-order valence-electron chi connectivity index (χ0n) is 6.33. The van der Waals surface area contributed by atoms with Gasteiger partial charge in [0.15, 0.2) is 0 Å². The Morgan fingerprint density at radius 2 is 2.55 bits per heavy atom. The molecule has 1 aromatic rings. The minimum absolute atomic E-state index is 0.828. The second-order valence-corrected chi connectivity index (χ2v) is 3.62. The maximum absolute atomic E-state index is 3.95. The largest absolute Gasteiger partial charge is 0.248 e. The van der Waals surface area contributed by atoms with Gasteiger partial charge in [-0.15, -0.1) is 5.10 Å². The quantitative estimate of drug-likeness (QED) is 0.743. The maximum atomic E-state index is 3.95. The second kappa shape index (κ2) is 4.77. The van der Waals surface area contributed by atoms with E-state index in [4.69, 9.17) is 0 Å². The number of aromatic nitrogens is 3. The summed E-state index contributed by atoms with van der Waals surface area (Å²) < 4.78 is 1.92. The summed E-state index contributed by atoms with van der Waals surface area (Å²) in [6, 6.07) is 0. The molecule has 5 heteroatoms. The molecule has 3 nitrogen and oxygen atoms in total. The van der Waals surface area contributed by atoms with E-state index in [-0.39, 0.29) is 0 Å². The summed E-state index contributed by atoms with van der Waals surface area (Å²) in [5.41, 5.74) is 1.14. The van der Waals surface area contributed by atoms with Crippen molar-refractivity contribution in [2.75, 3.05) is 12.0 Å². The first kappa shape index (κ1) is 9.06. The van der Waals surface area contributed by atoms with E-state index in [1.54, 1.807) is 6.20 Å². The van der Waals surface area contributed by atoms with Crippen LogP contribution in [0.15, 0.2) is 6.20 Å². The predicted molar refractivity (Wildman–Crippen MR) is 51.0 cm³/mol. The van der Waals surface area contributed by atoms with E-state index in [2.05, 4.69) is 32.5 Å². The van der Waals surface area contributed by atoms with Crippen molar-refractivity contribution < 1.29 is 0 Å². The SMILES string of the molecule is CSCCn1nncc1CBr. The minimum Gasteiger partial charge on any atom is -0.248 e. The standard InChI is InChI=1S/C6H10BrN3S/c1-11-3-2-10-6(4-7)5-8-9-10/h5H,2-4H2,1H3. The monoisotopic (exact) mass is 235 g/mol. The molecule has 11 heavy (non-hydrogen) atoms. The predicted octanol–water partition coefficient (Wildman–Crippen LogP) is 1.54. The number of rotatable bonds is 4. The van der Waals surface area contributed by atoms with Crippen molar-refractivity contribution in [2.24, 2.45) is 0 Å². The first-order valence-corrected chi connectivity index (χ1v) is 5.82. The van der Waals surface area contributed by atoms with E-state index < -0.39 is 0 Å². The molecule has 0 fully saturated rings. The number of hydrogen-bond donors (Lipinski definition) is 0. The molecule has 0 amide bonds. The van der Waals surface area contributed by atoms with Crippen molar-refractivity contribution in [2.45, 2.75) is 11.9 Å². The summed E-state index contributed by atoms with van der Waals surface area (Å²) in [5.74, 6) is 1.09. The summed E-state index contributed by atoms with van der Waals surface area (Å²) in [6.45, 7) is 0.947. The molecule has 0 N–H and O–H groups in total. The van der Waals surface area contributed by atoms with E-state index >= 15 is 0 Å². The summed E-state index contributed by atoms with van der Waals surface area (Å²) in [6.07, 6.45) is 3.87. The Morgan fingerprint density at radius 1 is 1.73 bits per heavy atom. The topological polar surface area (TPSA) is 30.7 Å². The zero-order chi connectivity index (χ0) is 8.10. The van der Waals surface area contributed by atoms with Crippen LogP contribution in [0.5, 0.6) is 0 Å². The number of halogens is 1. The molecule has 0 aliphatic rings. The maximum Gasteiger partial charge on any atom is 0.0733 e. The molecule has 0 radical (unpaired) electrons. The lowest BCUT2D eigenvalue weighted by Gasteiger charge is -2.00. The fourth-order valence-electron chi connectivity index (χ4n) is 0.748. The zero-order valence-corrected chi connectivity index (χ0v) is 8.73. The van der Waals surface area contributed by atoms with E-state index in [1.807, 2.05) is 16.4 Å². The van der Waals surface area contributed by atoms with Crippen LogP contribution in [-0.4, -0.2) is 27.0 Å². The number of aryl methyl sites for hydroxylation is 1. The molecule has 0 aliphatic carbocycles. The van der Waals surface area contributed by atoms with E-state index in [0.29, 0.717) is 0 Å². The van der Waals surface area contributed by atoms with Crippen molar-refractivity contribution >= 4 is 27.7 Å². The molecular formula is C6H10BrN3S. The lowest BCUT2D eigenvalue weighted by atomic mass is 10.5. The van der Waals surface area contributed by atoms with Gasteiger partial charge in [0.1, 0.15) is 0 Å². The van der Waals surface area contributed by atoms with Gasteiger partial charge in [-0.2, -0.15) is 11.8 Å². The summed E-state index contributed by atoms with van der Waals surface area (Å²) in [5, 5.41) is 8.60. The van der Waals surface area contributed by atoms with Crippen molar-refractivity contribution in [3.05, 3.63) is 11.9 Å². The highest BCUT2D eigenvalue weighted by Crippen LogP contribution is 2.03. The van der Waals surface area contributed by atoms with Crippen LogP contribution in [-0.2, 0) is 11.9 Å². The lowest BCUT2D eigenvalue weighted by Crippen LogP contribution is -2.05. The molecule has 62 valence electrons. The average molecular weight is 236 g/mol. The second-order valence-electron chi connectivity index (χ2n) is 2.07. The van der Waals surface area contributed by atoms with Crippen LogP contribution >= 0.6 is 27.7 Å². The molecule has 0 aromatic carbocycles. The Morgan fingerprint density at radius 3 is 3.18 bits per heavy atom. The number of hydrogen-bond acceptors (Lipinski definition) is 3. The van der Waals surface area contributed by atoms with Gasteiger partial charge < -0.3 is 0 Å². The van der Waals surface area contributed by atoms with Gasteiger partial charge in [0.05, 0.1) is 18.4 Å². The van der Waals surface area contributed by atoms with Crippen LogP contribution in [0.1, 0.15) is 5.69 Å². The van der Waals surface area contributed by atoms with Gasteiger partial charge in [-0.25, -0.2) is 4.68 Å². The average Bonchev–Trinajstić information content (AvgIpc) is 2.47. The van der Waals surface area contributed by atoms with E-state index in [1.165, 1.54) is 0 Å². The molecule has 1 rings (SSSR count). The van der Waals surface area contributed by atoms with E-state index in [0.717, 1.165) is 23.3 Å². The Balaban J connectivity index is 2.54. The molecule has 0 unspecified atom stereocenters. The Labute approximate surface area is 78.7 Å². The van der Waals surface area contributed by atoms with Gasteiger partial charge in [0, 0.05) is 11.1 Å². The molecule has 1 heterocycles. The van der Waals surface area contributed by atoms with Gasteiger partial charge in [-0.05, 0) is 6.26 Å². The molecule has 0 spiro atoms. The molecule has 0 atom stereocenters. The van der Waals surface area contributed by atoms with Crippen molar-refractivity contribution in [1.82, 2.24) is 15.0 Å². The van der Waals surface area contributed by atoms with Crippen LogP contribution in [0.25, 0.3) is 0 Å². The fraction of sp³-hybridized carbons (Fsp3) is 0.667. The minimum atomic E-state index is 0.828. The van der Waals surface area contributed by atoms with Gasteiger partial charge in [-0.1, -0.05) is 21.1 Å². The van der Waals surface area contributed by atoms with Crippen molar-refractivity contribution in [1.29, 1.82) is 0 Å². The van der Waals surface area contributed by atoms with Crippen LogP contribution < -0.4 is 0 Å². The molecular weight excluding hydrogens is 226 g/mol. The van der Waals surface area contributed by atoms with Crippen LogP contribution in [0.3, 0.4) is 0 Å². The molecule has 0 saturated heterocycles. The molecule has 0 bridgehead atoms. The fourth-order valence-corrected chi connectivity index (χ4v) is 1.54. The van der Waals surface area contributed by atoms with Crippen LogP contribution in [0.2, 0.25) is 0 Å². The number of nitrogens with zero attached hydrogens (tertiary/aromatic N) is 3. The Kier molecular flexibility index (Phi) is 3.93. The third-order valence-corrected chi connectivity index (χ3v) is 2.51. The smallest absolute Gasteiger partial charge is 0.0733 e. The Bertz CT molecular complexity index is 213. The molecule has 0 saturated carbocycles. The van der Waals surface area contributed by atoms with Gasteiger partial charge in [0.2, 0.25) is 0 Å². The number of thioether (sulfide) groups is 1. The summed E-state index contributed by atoms with van der Waals surface area (Å²) in [7, 11) is 0. The normalized spacial score (nSPS) is 10.4. The summed E-state index contributed by atoms with van der Waals surface area (Å²) in [4.78, 5) is 0. The lowest BCUT2D eigenvalue weighted by molar-refractivity contribution is 0.615. The van der Waals surface area contributed by atoms with Crippen molar-refractivity contribution in [3.8, 4) is 0 Å². The molecule has 0 aliphatic heterocycles. The molecule has 1 aromatic heterocycles. The van der Waals surface area contributed by atoms with Gasteiger partial charge in [-0.3, -0.25) is 0 Å². The third-order valence-electron chi connectivity index (χ3n) is 1.34. The first-order chi connectivity index (χ1) is 5.38. The van der Waals surface area contributed by atoms with Gasteiger partial charge in [0.25, 0.3) is 0 Å². The first-order valence-electron chi connectivity index (χ1n) is 3.30. The van der Waals surface area contributed by atoms with Gasteiger partial charge >= 0.3 is 0 Å². The van der Waals surface area contributed by atoms with Crippen LogP contribution in [0, 0.1) is 0 Å². The highest BCUT2D eigenvalue weighted by molar-refractivity contribution is 9.08. The Hall–Kier alpha value is -0.0300. The van der Waals surface area contributed by atoms with Crippen LogP contribution in [0.4, 0.5) is 0 Å².